The lowest BCUT2D eigenvalue weighted by Crippen LogP contribution is -2.42. The van der Waals surface area contributed by atoms with Crippen LogP contribution in [0.1, 0.15) is 28.7 Å². The number of fused-ring (bicyclic) bond motifs is 1. The van der Waals surface area contributed by atoms with E-state index in [0.29, 0.717) is 29.9 Å². The average molecular weight is 549 g/mol. The Hall–Kier alpha value is -2.17. The lowest BCUT2D eigenvalue weighted by molar-refractivity contribution is -0.275. The molecule has 3 aliphatic heterocycles. The summed E-state index contributed by atoms with van der Waals surface area (Å²) in [5, 5.41) is 5.60. The van der Waals surface area contributed by atoms with Gasteiger partial charge < -0.3 is 14.9 Å². The van der Waals surface area contributed by atoms with Crippen LogP contribution in [-0.2, 0) is 28.2 Å². The van der Waals surface area contributed by atoms with Crippen molar-refractivity contribution in [2.75, 3.05) is 18.1 Å². The van der Waals surface area contributed by atoms with E-state index in [0.717, 1.165) is 29.2 Å². The first kappa shape index (κ1) is 24.5. The van der Waals surface area contributed by atoms with Crippen molar-refractivity contribution in [2.24, 2.45) is 11.1 Å². The second kappa shape index (κ2) is 9.05. The number of carbonyl (C=O) groups excluding carboxylic acids is 1. The Morgan fingerprint density at radius 3 is 2.57 bits per heavy atom. The molecule has 5 nitrogen and oxygen atoms in total. The molecule has 1 atom stereocenters. The molecule has 186 valence electrons. The molecule has 2 aromatic carbocycles. The van der Waals surface area contributed by atoms with Gasteiger partial charge >= 0.3 is 6.18 Å². The average Bonchev–Trinajstić information content (AvgIpc) is 3.42. The third kappa shape index (κ3) is 4.23. The highest BCUT2D eigenvalue weighted by Gasteiger charge is 2.62. The number of benzene rings is 2. The number of rotatable bonds is 5. The highest BCUT2D eigenvalue weighted by Crippen LogP contribution is 2.50. The van der Waals surface area contributed by atoms with Gasteiger partial charge in [0, 0.05) is 53.1 Å². The van der Waals surface area contributed by atoms with Crippen molar-refractivity contribution in [1.29, 1.82) is 0 Å². The number of alkyl halides is 3. The number of nitrogens with zero attached hydrogens (tertiary/aromatic N) is 1. The minimum atomic E-state index is -4.90. The zero-order chi connectivity index (χ0) is 25.0. The van der Waals surface area contributed by atoms with Gasteiger partial charge in [-0.2, -0.15) is 24.9 Å². The molecule has 0 bridgehead atoms. The summed E-state index contributed by atoms with van der Waals surface area (Å²) >= 11 is 13.3. The van der Waals surface area contributed by atoms with Crippen LogP contribution in [0, 0.1) is 11.7 Å². The van der Waals surface area contributed by atoms with Gasteiger partial charge in [-0.25, -0.2) is 4.39 Å². The lowest BCUT2D eigenvalue weighted by atomic mass is 9.85. The molecule has 0 aromatic heterocycles. The predicted octanol–water partition coefficient (Wildman–Crippen LogP) is 5.63. The van der Waals surface area contributed by atoms with Crippen LogP contribution in [0.4, 0.5) is 17.6 Å². The van der Waals surface area contributed by atoms with Crippen LogP contribution >= 0.6 is 35.0 Å². The normalized spacial score (nSPS) is 21.6. The van der Waals surface area contributed by atoms with Gasteiger partial charge in [-0.3, -0.25) is 4.79 Å². The molecule has 1 saturated heterocycles. The van der Waals surface area contributed by atoms with E-state index in [2.05, 4.69) is 10.5 Å². The molecule has 0 spiro atoms. The van der Waals surface area contributed by atoms with Crippen molar-refractivity contribution < 1.29 is 31.9 Å². The van der Waals surface area contributed by atoms with E-state index in [1.54, 1.807) is 23.9 Å². The molecule has 12 heteroatoms. The molecule has 1 N–H and O–H groups in total. The maximum atomic E-state index is 14.3. The molecule has 3 heterocycles. The summed E-state index contributed by atoms with van der Waals surface area (Å²) in [4.78, 5) is 17.2. The SMILES string of the molecule is O=C(NCc1ccc(C2=NO[C@@](c3cc(Cl)c(F)c(Cl)c3)(C(F)(F)F)C2)c2c1OCC2)C1CSC1. The standard InChI is InChI=1S/C23H18Cl2F4N2O3S/c24-16-5-13(6-17(25)19(16)26)22(23(27,28)29)7-18(31-34-22)14-2-1-11(20-15(14)3-4-33-20)8-30-21(32)12-9-35-10-12/h1-2,5-6,12H,3-4,7-10H2,(H,30,32)/t22-/m0/s1. The summed E-state index contributed by atoms with van der Waals surface area (Å²) in [5.41, 5.74) is -1.34. The molecule has 5 rings (SSSR count). The Morgan fingerprint density at radius 2 is 1.94 bits per heavy atom. The summed E-state index contributed by atoms with van der Waals surface area (Å²) in [7, 11) is 0. The highest BCUT2D eigenvalue weighted by molar-refractivity contribution is 8.00. The van der Waals surface area contributed by atoms with Gasteiger partial charge in [0.2, 0.25) is 5.91 Å². The number of ether oxygens (including phenoxy) is 1. The Balaban J connectivity index is 1.44. The van der Waals surface area contributed by atoms with E-state index in [4.69, 9.17) is 32.8 Å². The topological polar surface area (TPSA) is 59.9 Å². The number of nitrogens with one attached hydrogen (secondary N) is 1. The molecule has 1 fully saturated rings. The van der Waals surface area contributed by atoms with Crippen molar-refractivity contribution in [3.8, 4) is 5.75 Å². The molecule has 0 radical (unpaired) electrons. The van der Waals surface area contributed by atoms with Crippen LogP contribution in [0.3, 0.4) is 0 Å². The smallest absolute Gasteiger partial charge is 0.435 e. The van der Waals surface area contributed by atoms with E-state index in [9.17, 15) is 22.4 Å². The van der Waals surface area contributed by atoms with Gasteiger partial charge in [0.25, 0.3) is 5.60 Å². The van der Waals surface area contributed by atoms with E-state index in [1.165, 1.54) is 0 Å². The minimum Gasteiger partial charge on any atom is -0.493 e. The molecular weight excluding hydrogens is 531 g/mol. The Labute approximate surface area is 212 Å². The number of amides is 1. The number of oxime groups is 1. The Bertz CT molecular complexity index is 1210. The summed E-state index contributed by atoms with van der Waals surface area (Å²) in [6.07, 6.45) is -5.08. The van der Waals surface area contributed by atoms with Crippen LogP contribution in [0.2, 0.25) is 10.0 Å². The monoisotopic (exact) mass is 548 g/mol. The van der Waals surface area contributed by atoms with Crippen molar-refractivity contribution in [3.63, 3.8) is 0 Å². The molecule has 35 heavy (non-hydrogen) atoms. The number of halogens is 6. The number of hydrogen-bond acceptors (Lipinski definition) is 5. The van der Waals surface area contributed by atoms with Gasteiger partial charge in [-0.1, -0.05) is 40.5 Å². The van der Waals surface area contributed by atoms with Gasteiger partial charge in [0.05, 0.1) is 28.3 Å². The van der Waals surface area contributed by atoms with Crippen LogP contribution in [0.25, 0.3) is 0 Å². The first-order chi connectivity index (χ1) is 16.6. The van der Waals surface area contributed by atoms with E-state index in [-0.39, 0.29) is 24.1 Å². The van der Waals surface area contributed by atoms with Gasteiger partial charge in [-0.05, 0) is 12.1 Å². The molecule has 1 amide bonds. The third-order valence-electron chi connectivity index (χ3n) is 6.35. The summed E-state index contributed by atoms with van der Waals surface area (Å²) < 4.78 is 62.6. The summed E-state index contributed by atoms with van der Waals surface area (Å²) in [6, 6.07) is 5.08. The number of carbonyl (C=O) groups is 1. The zero-order valence-electron chi connectivity index (χ0n) is 18.0. The highest BCUT2D eigenvalue weighted by atomic mass is 35.5. The van der Waals surface area contributed by atoms with E-state index in [1.807, 2.05) is 0 Å². The van der Waals surface area contributed by atoms with Crippen LogP contribution in [0.15, 0.2) is 29.4 Å². The molecule has 0 saturated carbocycles. The number of thioether (sulfide) groups is 1. The summed E-state index contributed by atoms with van der Waals surface area (Å²) in [5.74, 6) is 1.09. The fourth-order valence-electron chi connectivity index (χ4n) is 4.32. The maximum absolute atomic E-state index is 14.3. The largest absolute Gasteiger partial charge is 0.493 e. The van der Waals surface area contributed by atoms with Gasteiger partial charge in [0.1, 0.15) is 5.75 Å². The fraction of sp³-hybridized carbons (Fsp3) is 0.391. The van der Waals surface area contributed by atoms with Crippen molar-refractivity contribution in [1.82, 2.24) is 5.32 Å². The maximum Gasteiger partial charge on any atom is 0.435 e. The van der Waals surface area contributed by atoms with Crippen molar-refractivity contribution in [2.45, 2.75) is 31.2 Å². The minimum absolute atomic E-state index is 0.00203. The van der Waals surface area contributed by atoms with Gasteiger partial charge in [-0.15, -0.1) is 0 Å². The van der Waals surface area contributed by atoms with Crippen LogP contribution in [-0.4, -0.2) is 35.9 Å². The molecule has 2 aromatic rings. The molecule has 3 aliphatic rings. The fourth-order valence-corrected chi connectivity index (χ4v) is 5.58. The Kier molecular flexibility index (Phi) is 6.34. The van der Waals surface area contributed by atoms with Crippen LogP contribution < -0.4 is 10.1 Å². The Morgan fingerprint density at radius 1 is 1.23 bits per heavy atom. The molecular formula is C23H18Cl2F4N2O3S. The lowest BCUT2D eigenvalue weighted by Gasteiger charge is -2.29. The number of hydrogen-bond donors (Lipinski definition) is 1. The molecule has 0 aliphatic carbocycles. The quantitative estimate of drug-likeness (QED) is 0.388. The van der Waals surface area contributed by atoms with E-state index < -0.39 is 39.6 Å². The van der Waals surface area contributed by atoms with Crippen molar-refractivity contribution >= 4 is 46.6 Å². The predicted molar refractivity (Wildman–Crippen MR) is 125 cm³/mol. The first-order valence-corrected chi connectivity index (χ1v) is 12.6. The van der Waals surface area contributed by atoms with Crippen molar-refractivity contribution in [3.05, 3.63) is 62.4 Å². The zero-order valence-corrected chi connectivity index (χ0v) is 20.3. The molecule has 0 unspecified atom stereocenters. The van der Waals surface area contributed by atoms with Gasteiger partial charge in [0.15, 0.2) is 5.82 Å². The van der Waals surface area contributed by atoms with Crippen LogP contribution in [0.5, 0.6) is 5.75 Å². The van der Waals surface area contributed by atoms with E-state index >= 15 is 0 Å². The summed E-state index contributed by atoms with van der Waals surface area (Å²) in [6.45, 7) is 0.610. The third-order valence-corrected chi connectivity index (χ3v) is 8.18. The second-order valence-electron chi connectivity index (χ2n) is 8.52. The second-order valence-corrected chi connectivity index (χ2v) is 10.4. The first-order valence-electron chi connectivity index (χ1n) is 10.7.